The maximum Gasteiger partial charge on any atom is 0.243 e. The number of benzene rings is 1. The van der Waals surface area contributed by atoms with E-state index in [-0.39, 0.29) is 18.0 Å². The zero-order valence-electron chi connectivity index (χ0n) is 10.1. The minimum absolute atomic E-state index is 0.190. The number of nitrogens with zero attached hydrogens (tertiary/aromatic N) is 1. The molecule has 0 bridgehead atoms. The van der Waals surface area contributed by atoms with Crippen molar-refractivity contribution in [3.63, 3.8) is 0 Å². The SMILES string of the molecule is CCCC1(O)CN(S(=O)(=O)c2cccc(Br)c2)C1. The predicted octanol–water partition coefficient (Wildman–Crippen LogP) is 1.98. The standard InChI is InChI=1S/C12H16BrNO3S/c1-2-6-12(15)8-14(9-12)18(16,17)11-5-3-4-10(13)7-11/h3-5,7,15H,2,6,8-9H2,1H3. The van der Waals surface area contributed by atoms with E-state index in [9.17, 15) is 13.5 Å². The van der Waals surface area contributed by atoms with Crippen LogP contribution in [-0.2, 0) is 10.0 Å². The van der Waals surface area contributed by atoms with Crippen LogP contribution in [0.15, 0.2) is 33.6 Å². The van der Waals surface area contributed by atoms with Gasteiger partial charge in [-0.1, -0.05) is 35.3 Å². The van der Waals surface area contributed by atoms with Crippen LogP contribution in [0, 0.1) is 0 Å². The molecule has 1 fully saturated rings. The third-order valence-electron chi connectivity index (χ3n) is 3.09. The van der Waals surface area contributed by atoms with Crippen molar-refractivity contribution in [3.8, 4) is 0 Å². The number of rotatable bonds is 4. The number of hydrogen-bond acceptors (Lipinski definition) is 3. The Morgan fingerprint density at radius 3 is 2.67 bits per heavy atom. The average Bonchev–Trinajstić information content (AvgIpc) is 2.26. The molecule has 1 aliphatic rings. The van der Waals surface area contributed by atoms with Crippen LogP contribution in [-0.4, -0.2) is 36.5 Å². The molecule has 1 aromatic carbocycles. The van der Waals surface area contributed by atoms with Gasteiger partial charge in [-0.2, -0.15) is 4.31 Å². The maximum atomic E-state index is 12.3. The summed E-state index contributed by atoms with van der Waals surface area (Å²) in [7, 11) is -3.47. The van der Waals surface area contributed by atoms with E-state index in [4.69, 9.17) is 0 Å². The first-order valence-corrected chi connectivity index (χ1v) is 8.09. The van der Waals surface area contributed by atoms with Crippen LogP contribution in [0.4, 0.5) is 0 Å². The van der Waals surface area contributed by atoms with E-state index in [0.717, 1.165) is 10.9 Å². The first-order valence-electron chi connectivity index (χ1n) is 5.85. The number of halogens is 1. The van der Waals surface area contributed by atoms with Gasteiger partial charge in [0.15, 0.2) is 0 Å². The molecule has 0 amide bonds. The fraction of sp³-hybridized carbons (Fsp3) is 0.500. The molecule has 0 spiro atoms. The van der Waals surface area contributed by atoms with Crippen molar-refractivity contribution in [2.45, 2.75) is 30.3 Å². The predicted molar refractivity (Wildman–Crippen MR) is 72.8 cm³/mol. The molecule has 0 aliphatic carbocycles. The lowest BCUT2D eigenvalue weighted by Gasteiger charge is -2.45. The van der Waals surface area contributed by atoms with Gasteiger partial charge in [-0.15, -0.1) is 0 Å². The van der Waals surface area contributed by atoms with Gasteiger partial charge < -0.3 is 5.11 Å². The van der Waals surface area contributed by atoms with Crippen molar-refractivity contribution in [3.05, 3.63) is 28.7 Å². The number of hydrogen-bond donors (Lipinski definition) is 1. The van der Waals surface area contributed by atoms with Crippen molar-refractivity contribution in [2.24, 2.45) is 0 Å². The summed E-state index contributed by atoms with van der Waals surface area (Å²) >= 11 is 3.26. The van der Waals surface area contributed by atoms with Crippen LogP contribution in [0.2, 0.25) is 0 Å². The molecule has 2 rings (SSSR count). The molecule has 100 valence electrons. The van der Waals surface area contributed by atoms with E-state index in [1.165, 1.54) is 4.31 Å². The second-order valence-corrected chi connectivity index (χ2v) is 7.56. The lowest BCUT2D eigenvalue weighted by molar-refractivity contribution is -0.0653. The lowest BCUT2D eigenvalue weighted by Crippen LogP contribution is -2.63. The summed E-state index contributed by atoms with van der Waals surface area (Å²) in [6.07, 6.45) is 1.48. The number of β-amino-alcohol motifs (C(OH)–C–C–N with tert-alkyl or cyclic N) is 1. The largest absolute Gasteiger partial charge is 0.387 e. The monoisotopic (exact) mass is 333 g/mol. The van der Waals surface area contributed by atoms with Crippen molar-refractivity contribution in [1.29, 1.82) is 0 Å². The Bertz CT molecular complexity index is 538. The summed E-state index contributed by atoms with van der Waals surface area (Å²) in [5.74, 6) is 0. The van der Waals surface area contributed by atoms with E-state index >= 15 is 0 Å². The molecular weight excluding hydrogens is 318 g/mol. The summed E-state index contributed by atoms with van der Waals surface area (Å²) in [4.78, 5) is 0.260. The normalized spacial score (nSPS) is 19.5. The van der Waals surface area contributed by atoms with Crippen molar-refractivity contribution >= 4 is 26.0 Å². The molecular formula is C12H16BrNO3S. The molecule has 1 aliphatic heterocycles. The minimum atomic E-state index is -3.47. The van der Waals surface area contributed by atoms with Crippen molar-refractivity contribution < 1.29 is 13.5 Å². The zero-order valence-corrected chi connectivity index (χ0v) is 12.5. The topological polar surface area (TPSA) is 57.6 Å². The average molecular weight is 334 g/mol. The smallest absolute Gasteiger partial charge is 0.243 e. The highest BCUT2D eigenvalue weighted by atomic mass is 79.9. The van der Waals surface area contributed by atoms with E-state index in [1.54, 1.807) is 24.3 Å². The fourth-order valence-corrected chi connectivity index (χ4v) is 4.38. The number of sulfonamides is 1. The first-order chi connectivity index (χ1) is 8.37. The van der Waals surface area contributed by atoms with Gasteiger partial charge in [-0.05, 0) is 24.6 Å². The summed E-state index contributed by atoms with van der Waals surface area (Å²) in [6, 6.07) is 6.61. The summed E-state index contributed by atoms with van der Waals surface area (Å²) < 4.78 is 26.6. The summed E-state index contributed by atoms with van der Waals surface area (Å²) in [5.41, 5.74) is -0.839. The van der Waals surface area contributed by atoms with E-state index in [1.807, 2.05) is 6.92 Å². The van der Waals surface area contributed by atoms with Crippen LogP contribution in [0.25, 0.3) is 0 Å². The zero-order chi connectivity index (χ0) is 13.4. The van der Waals surface area contributed by atoms with Crippen LogP contribution < -0.4 is 0 Å². The molecule has 0 atom stereocenters. The van der Waals surface area contributed by atoms with E-state index in [2.05, 4.69) is 15.9 Å². The molecule has 0 unspecified atom stereocenters. The van der Waals surface area contributed by atoms with Gasteiger partial charge in [-0.3, -0.25) is 0 Å². The van der Waals surface area contributed by atoms with Gasteiger partial charge in [0.05, 0.1) is 10.5 Å². The van der Waals surface area contributed by atoms with Gasteiger partial charge in [0.25, 0.3) is 0 Å². The molecule has 6 heteroatoms. The highest BCUT2D eigenvalue weighted by molar-refractivity contribution is 9.10. The van der Waals surface area contributed by atoms with Crippen LogP contribution in [0.1, 0.15) is 19.8 Å². The van der Waals surface area contributed by atoms with Gasteiger partial charge in [0.2, 0.25) is 10.0 Å². The van der Waals surface area contributed by atoms with Gasteiger partial charge >= 0.3 is 0 Å². The second kappa shape index (κ2) is 4.92. The van der Waals surface area contributed by atoms with Crippen LogP contribution in [0.3, 0.4) is 0 Å². The molecule has 0 radical (unpaired) electrons. The molecule has 1 heterocycles. The van der Waals surface area contributed by atoms with Crippen molar-refractivity contribution in [2.75, 3.05) is 13.1 Å². The van der Waals surface area contributed by atoms with Gasteiger partial charge in [-0.25, -0.2) is 8.42 Å². The summed E-state index contributed by atoms with van der Waals surface area (Å²) in [5, 5.41) is 10.0. The molecule has 1 N–H and O–H groups in total. The number of aliphatic hydroxyl groups is 1. The molecule has 0 aromatic heterocycles. The maximum absolute atomic E-state index is 12.3. The quantitative estimate of drug-likeness (QED) is 0.916. The molecule has 18 heavy (non-hydrogen) atoms. The van der Waals surface area contributed by atoms with Gasteiger partial charge in [0.1, 0.15) is 0 Å². The van der Waals surface area contributed by atoms with Gasteiger partial charge in [0, 0.05) is 17.6 Å². The second-order valence-electron chi connectivity index (χ2n) is 4.70. The Labute approximate surface area is 116 Å². The molecule has 1 aromatic rings. The fourth-order valence-electron chi connectivity index (χ4n) is 2.18. The third kappa shape index (κ3) is 2.61. The minimum Gasteiger partial charge on any atom is -0.387 e. The van der Waals surface area contributed by atoms with E-state index < -0.39 is 15.6 Å². The highest BCUT2D eigenvalue weighted by Crippen LogP contribution is 2.31. The first kappa shape index (κ1) is 14.0. The Hall–Kier alpha value is -0.430. The highest BCUT2D eigenvalue weighted by Gasteiger charge is 2.46. The van der Waals surface area contributed by atoms with Crippen LogP contribution in [0.5, 0.6) is 0 Å². The third-order valence-corrected chi connectivity index (χ3v) is 5.37. The summed E-state index contributed by atoms with van der Waals surface area (Å²) in [6.45, 7) is 2.36. The molecule has 4 nitrogen and oxygen atoms in total. The Kier molecular flexibility index (Phi) is 3.82. The Balaban J connectivity index is 2.15. The Morgan fingerprint density at radius 1 is 1.44 bits per heavy atom. The van der Waals surface area contributed by atoms with E-state index in [0.29, 0.717) is 6.42 Å². The van der Waals surface area contributed by atoms with Crippen LogP contribution >= 0.6 is 15.9 Å². The van der Waals surface area contributed by atoms with Crippen molar-refractivity contribution in [1.82, 2.24) is 4.31 Å². The molecule has 1 saturated heterocycles. The Morgan fingerprint density at radius 2 is 2.11 bits per heavy atom. The molecule has 0 saturated carbocycles. The lowest BCUT2D eigenvalue weighted by atomic mass is 9.92.